The Balaban J connectivity index is 4.08. The van der Waals surface area contributed by atoms with Crippen molar-refractivity contribution in [2.24, 2.45) is 11.7 Å². The molecule has 0 saturated carbocycles. The molecular weight excluding hydrogens is 633 g/mol. The zero-order valence-electron chi connectivity index (χ0n) is 35.0. The van der Waals surface area contributed by atoms with Crippen molar-refractivity contribution in [2.75, 3.05) is 32.8 Å². The standard InChI is InChI=1S/C45H90N2O4/c1-5-9-13-17-23-32-43(33-24-18-14-10-6-2)51-45(49)35-26-20-16-22-28-39-47(40-29-37-46)38-27-21-15-19-25-34-44(48)50-41-36-42(30-11-7-3)31-12-8-4/h42-43H,5-41,46H2,1-4H3. The lowest BCUT2D eigenvalue weighted by molar-refractivity contribution is -0.150. The largest absolute Gasteiger partial charge is 0.466 e. The zero-order valence-corrected chi connectivity index (χ0v) is 35.0. The van der Waals surface area contributed by atoms with E-state index in [1.54, 1.807) is 0 Å². The maximum Gasteiger partial charge on any atom is 0.306 e. The van der Waals surface area contributed by atoms with Crippen LogP contribution in [0.25, 0.3) is 0 Å². The van der Waals surface area contributed by atoms with Crippen LogP contribution in [-0.4, -0.2) is 55.7 Å². The van der Waals surface area contributed by atoms with Gasteiger partial charge in [-0.1, -0.05) is 156 Å². The maximum absolute atomic E-state index is 12.7. The molecular formula is C45H90N2O4. The predicted octanol–water partition coefficient (Wildman–Crippen LogP) is 12.9. The average Bonchev–Trinajstić information content (AvgIpc) is 3.13. The van der Waals surface area contributed by atoms with E-state index in [1.807, 2.05) is 0 Å². The molecule has 0 fully saturated rings. The van der Waals surface area contributed by atoms with E-state index in [1.165, 1.54) is 141 Å². The van der Waals surface area contributed by atoms with Gasteiger partial charge in [0.15, 0.2) is 0 Å². The highest BCUT2D eigenvalue weighted by atomic mass is 16.5. The van der Waals surface area contributed by atoms with E-state index in [2.05, 4.69) is 32.6 Å². The van der Waals surface area contributed by atoms with Gasteiger partial charge in [-0.25, -0.2) is 0 Å². The Morgan fingerprint density at radius 3 is 1.41 bits per heavy atom. The normalized spacial score (nSPS) is 11.7. The second-order valence-corrected chi connectivity index (χ2v) is 15.7. The molecule has 0 heterocycles. The summed E-state index contributed by atoms with van der Waals surface area (Å²) in [7, 11) is 0. The van der Waals surface area contributed by atoms with E-state index >= 15 is 0 Å². The van der Waals surface area contributed by atoms with Crippen LogP contribution in [0.5, 0.6) is 0 Å². The lowest BCUT2D eigenvalue weighted by Gasteiger charge is -2.22. The van der Waals surface area contributed by atoms with Crippen LogP contribution in [-0.2, 0) is 19.1 Å². The van der Waals surface area contributed by atoms with Gasteiger partial charge >= 0.3 is 11.9 Å². The lowest BCUT2D eigenvalue weighted by Crippen LogP contribution is -2.28. The van der Waals surface area contributed by atoms with Crippen molar-refractivity contribution in [3.05, 3.63) is 0 Å². The third-order valence-corrected chi connectivity index (χ3v) is 10.7. The lowest BCUT2D eigenvalue weighted by atomic mass is 9.93. The van der Waals surface area contributed by atoms with Crippen LogP contribution in [0.15, 0.2) is 0 Å². The molecule has 0 aliphatic rings. The van der Waals surface area contributed by atoms with E-state index < -0.39 is 0 Å². The highest BCUT2D eigenvalue weighted by Gasteiger charge is 2.15. The van der Waals surface area contributed by atoms with E-state index in [4.69, 9.17) is 15.2 Å². The number of esters is 2. The molecule has 0 aromatic heterocycles. The van der Waals surface area contributed by atoms with Gasteiger partial charge in [0, 0.05) is 12.8 Å². The Hall–Kier alpha value is -1.14. The van der Waals surface area contributed by atoms with Crippen LogP contribution in [0.3, 0.4) is 0 Å². The Morgan fingerprint density at radius 2 is 0.902 bits per heavy atom. The number of nitrogens with zero attached hydrogens (tertiary/aromatic N) is 1. The summed E-state index contributed by atoms with van der Waals surface area (Å²) >= 11 is 0. The number of unbranched alkanes of at least 4 members (excludes halogenated alkanes) is 18. The Labute approximate surface area is 318 Å². The van der Waals surface area contributed by atoms with Crippen LogP contribution in [0.1, 0.15) is 233 Å². The Bertz CT molecular complexity index is 711. The highest BCUT2D eigenvalue weighted by molar-refractivity contribution is 5.69. The molecule has 2 N–H and O–H groups in total. The molecule has 6 nitrogen and oxygen atoms in total. The molecule has 0 aliphatic carbocycles. The third kappa shape index (κ3) is 35.6. The fraction of sp³-hybridized carbons (Fsp3) is 0.956. The first-order valence-corrected chi connectivity index (χ1v) is 22.8. The van der Waals surface area contributed by atoms with Gasteiger partial charge in [-0.3, -0.25) is 9.59 Å². The quantitative estimate of drug-likeness (QED) is 0.0500. The molecule has 51 heavy (non-hydrogen) atoms. The molecule has 0 radical (unpaired) electrons. The molecule has 0 aliphatic heterocycles. The van der Waals surface area contributed by atoms with Crippen molar-refractivity contribution in [3.8, 4) is 0 Å². The number of hydrogen-bond donors (Lipinski definition) is 1. The molecule has 0 spiro atoms. The molecule has 6 heteroatoms. The molecule has 0 aromatic rings. The molecule has 0 bridgehead atoms. The summed E-state index contributed by atoms with van der Waals surface area (Å²) in [6.07, 6.45) is 37.1. The summed E-state index contributed by atoms with van der Waals surface area (Å²) in [5, 5.41) is 0. The van der Waals surface area contributed by atoms with Crippen molar-refractivity contribution < 1.29 is 19.1 Å². The van der Waals surface area contributed by atoms with Crippen LogP contribution >= 0.6 is 0 Å². The minimum Gasteiger partial charge on any atom is -0.466 e. The highest BCUT2D eigenvalue weighted by Crippen LogP contribution is 2.21. The van der Waals surface area contributed by atoms with Crippen LogP contribution in [0.2, 0.25) is 0 Å². The van der Waals surface area contributed by atoms with Gasteiger partial charge < -0.3 is 20.1 Å². The van der Waals surface area contributed by atoms with Crippen molar-refractivity contribution >= 4 is 11.9 Å². The Kier molecular flexibility index (Phi) is 39.2. The summed E-state index contributed by atoms with van der Waals surface area (Å²) in [6, 6.07) is 0. The van der Waals surface area contributed by atoms with Crippen molar-refractivity contribution in [1.29, 1.82) is 0 Å². The molecule has 0 aromatic carbocycles. The summed E-state index contributed by atoms with van der Waals surface area (Å²) < 4.78 is 11.6. The molecule has 0 atom stereocenters. The first-order chi connectivity index (χ1) is 25.0. The fourth-order valence-corrected chi connectivity index (χ4v) is 7.21. The molecule has 304 valence electrons. The first-order valence-electron chi connectivity index (χ1n) is 22.8. The molecule has 0 saturated heterocycles. The number of nitrogens with two attached hydrogens (primary N) is 1. The molecule has 0 amide bonds. The smallest absolute Gasteiger partial charge is 0.306 e. The predicted molar refractivity (Wildman–Crippen MR) is 220 cm³/mol. The van der Waals surface area contributed by atoms with Gasteiger partial charge in [0.1, 0.15) is 6.10 Å². The minimum absolute atomic E-state index is 0.00624. The van der Waals surface area contributed by atoms with Gasteiger partial charge in [0.2, 0.25) is 0 Å². The SMILES string of the molecule is CCCCCCCC(CCCCCCC)OC(=O)CCCCCCCN(CCCN)CCCCCCCC(=O)OCCC(CCCC)CCCC. The van der Waals surface area contributed by atoms with Crippen molar-refractivity contribution in [1.82, 2.24) is 4.90 Å². The monoisotopic (exact) mass is 723 g/mol. The Morgan fingerprint density at radius 1 is 0.471 bits per heavy atom. The van der Waals surface area contributed by atoms with Gasteiger partial charge in [-0.15, -0.1) is 0 Å². The number of carbonyl (C=O) groups excluding carboxylic acids is 2. The van der Waals surface area contributed by atoms with Gasteiger partial charge in [-0.05, 0) is 96.3 Å². The fourth-order valence-electron chi connectivity index (χ4n) is 7.21. The third-order valence-electron chi connectivity index (χ3n) is 10.7. The first kappa shape index (κ1) is 49.9. The molecule has 0 unspecified atom stereocenters. The molecule has 0 rings (SSSR count). The minimum atomic E-state index is -0.00624. The van der Waals surface area contributed by atoms with E-state index in [-0.39, 0.29) is 18.0 Å². The van der Waals surface area contributed by atoms with Crippen molar-refractivity contribution in [2.45, 2.75) is 239 Å². The van der Waals surface area contributed by atoms with E-state index in [9.17, 15) is 9.59 Å². The second-order valence-electron chi connectivity index (χ2n) is 15.7. The maximum atomic E-state index is 12.7. The number of ether oxygens (including phenoxy) is 2. The van der Waals surface area contributed by atoms with E-state index in [0.29, 0.717) is 25.4 Å². The summed E-state index contributed by atoms with van der Waals surface area (Å²) in [6.45, 7) is 13.7. The zero-order chi connectivity index (χ0) is 37.5. The van der Waals surface area contributed by atoms with E-state index in [0.717, 1.165) is 77.5 Å². The van der Waals surface area contributed by atoms with Crippen LogP contribution in [0.4, 0.5) is 0 Å². The number of rotatable bonds is 41. The summed E-state index contributed by atoms with van der Waals surface area (Å²) in [5.74, 6) is 0.735. The van der Waals surface area contributed by atoms with Crippen LogP contribution in [0, 0.1) is 5.92 Å². The van der Waals surface area contributed by atoms with Crippen molar-refractivity contribution in [3.63, 3.8) is 0 Å². The van der Waals surface area contributed by atoms with Gasteiger partial charge in [0.25, 0.3) is 0 Å². The van der Waals surface area contributed by atoms with Crippen LogP contribution < -0.4 is 5.73 Å². The second kappa shape index (κ2) is 40.1. The number of carbonyl (C=O) groups is 2. The average molecular weight is 723 g/mol. The topological polar surface area (TPSA) is 81.9 Å². The summed E-state index contributed by atoms with van der Waals surface area (Å²) in [4.78, 5) is 27.5. The van der Waals surface area contributed by atoms with Gasteiger partial charge in [0.05, 0.1) is 6.61 Å². The number of hydrogen-bond acceptors (Lipinski definition) is 6. The summed E-state index contributed by atoms with van der Waals surface area (Å²) in [5.41, 5.74) is 5.84. The van der Waals surface area contributed by atoms with Gasteiger partial charge in [-0.2, -0.15) is 0 Å².